The van der Waals surface area contributed by atoms with E-state index in [1.54, 1.807) is 55.5 Å². The Balaban J connectivity index is 1.74. The van der Waals surface area contributed by atoms with Crippen molar-refractivity contribution in [3.63, 3.8) is 0 Å². The van der Waals surface area contributed by atoms with Crippen molar-refractivity contribution < 1.29 is 37.4 Å². The lowest BCUT2D eigenvalue weighted by molar-refractivity contribution is -0.148. The first-order valence-electron chi connectivity index (χ1n) is 13.8. The number of ether oxygens (including phenoxy) is 3. The number of benzene rings is 3. The maximum Gasteiger partial charge on any atom is 0.308 e. The monoisotopic (exact) mass is 631 g/mol. The lowest BCUT2D eigenvalue weighted by Gasteiger charge is -2.42. The zero-order valence-electron chi connectivity index (χ0n) is 23.5. The Labute approximate surface area is 257 Å². The number of fused-ring (bicyclic) bond motifs is 1. The molecule has 43 heavy (non-hydrogen) atoms. The fourth-order valence-electron chi connectivity index (χ4n) is 5.88. The van der Waals surface area contributed by atoms with Crippen molar-refractivity contribution >= 4 is 40.9 Å². The maximum atomic E-state index is 16.4. The second-order valence-corrected chi connectivity index (χ2v) is 11.3. The highest BCUT2D eigenvalue weighted by atomic mass is 35.5. The molecule has 0 spiro atoms. The lowest BCUT2D eigenvalue weighted by Crippen LogP contribution is -2.49. The summed E-state index contributed by atoms with van der Waals surface area (Å²) in [6.45, 7) is 1.84. The van der Waals surface area contributed by atoms with Gasteiger partial charge < -0.3 is 14.2 Å². The summed E-state index contributed by atoms with van der Waals surface area (Å²) < 4.78 is 48.6. The first kappa shape index (κ1) is 31.1. The van der Waals surface area contributed by atoms with Crippen LogP contribution in [-0.4, -0.2) is 55.2 Å². The number of nitrogens with zero attached hydrogens (tertiary/aromatic N) is 1. The Kier molecular flexibility index (Phi) is 8.90. The molecule has 0 N–H and O–H groups in total. The Hall–Kier alpha value is -3.37. The molecule has 0 aromatic heterocycles. The largest absolute Gasteiger partial charge is 0.466 e. The smallest absolute Gasteiger partial charge is 0.308 e. The number of carbonyl (C=O) groups is 3. The SMILES string of the molecule is CCOC(=O)C[C@@H](c1ccc(Cl)cc1)N1C(=O)c2cc(C(=O)C3(F)CCOCC3)cc(F)c2[C@]1(OC)c1ccc(Cl)cc1. The molecule has 3 aromatic carbocycles. The molecule has 2 aliphatic rings. The highest BCUT2D eigenvalue weighted by molar-refractivity contribution is 6.30. The average Bonchev–Trinajstić information content (AvgIpc) is 3.25. The summed E-state index contributed by atoms with van der Waals surface area (Å²) in [6.07, 6.45) is -0.681. The van der Waals surface area contributed by atoms with Gasteiger partial charge in [0.15, 0.2) is 17.2 Å². The van der Waals surface area contributed by atoms with Gasteiger partial charge in [0.05, 0.1) is 43.4 Å². The van der Waals surface area contributed by atoms with E-state index in [4.69, 9.17) is 37.4 Å². The number of Topliss-reactive ketones (excluding diaryl/α,β-unsaturated/α-hetero) is 1. The number of hydrogen-bond acceptors (Lipinski definition) is 6. The van der Waals surface area contributed by atoms with E-state index >= 15 is 8.78 Å². The Morgan fingerprint density at radius 3 is 2.21 bits per heavy atom. The third kappa shape index (κ3) is 5.55. The molecule has 226 valence electrons. The van der Waals surface area contributed by atoms with E-state index in [1.807, 2.05) is 0 Å². The highest BCUT2D eigenvalue weighted by Crippen LogP contribution is 2.51. The van der Waals surface area contributed by atoms with Crippen molar-refractivity contribution in [2.24, 2.45) is 0 Å². The summed E-state index contributed by atoms with van der Waals surface area (Å²) in [7, 11) is 1.31. The number of amides is 1. The quantitative estimate of drug-likeness (QED) is 0.190. The first-order chi connectivity index (χ1) is 20.6. The van der Waals surface area contributed by atoms with E-state index < -0.39 is 40.9 Å². The second-order valence-electron chi connectivity index (χ2n) is 10.4. The van der Waals surface area contributed by atoms with Crippen molar-refractivity contribution in [3.05, 3.63) is 104 Å². The Morgan fingerprint density at radius 2 is 1.63 bits per heavy atom. The summed E-state index contributed by atoms with van der Waals surface area (Å²) in [5, 5.41) is 0.811. The summed E-state index contributed by atoms with van der Waals surface area (Å²) in [5.41, 5.74) is -4.00. The molecule has 1 saturated heterocycles. The van der Waals surface area contributed by atoms with Crippen LogP contribution in [0.25, 0.3) is 0 Å². The van der Waals surface area contributed by atoms with E-state index in [-0.39, 0.29) is 55.8 Å². The van der Waals surface area contributed by atoms with Crippen molar-refractivity contribution in [3.8, 4) is 0 Å². The molecule has 2 heterocycles. The van der Waals surface area contributed by atoms with E-state index in [0.717, 1.165) is 6.07 Å². The van der Waals surface area contributed by atoms with Crippen LogP contribution in [0.15, 0.2) is 60.7 Å². The second kappa shape index (κ2) is 12.3. The molecule has 1 fully saturated rings. The van der Waals surface area contributed by atoms with E-state index in [0.29, 0.717) is 21.2 Å². The fourth-order valence-corrected chi connectivity index (χ4v) is 6.14. The zero-order chi connectivity index (χ0) is 30.9. The third-order valence-corrected chi connectivity index (χ3v) is 8.44. The molecular formula is C32H29Cl2F2NO6. The topological polar surface area (TPSA) is 82.1 Å². The minimum atomic E-state index is -2.26. The minimum absolute atomic E-state index is 0.0440. The van der Waals surface area contributed by atoms with Gasteiger partial charge in [-0.05, 0) is 48.9 Å². The maximum absolute atomic E-state index is 16.4. The molecule has 0 radical (unpaired) electrons. The number of carbonyl (C=O) groups excluding carboxylic acids is 3. The van der Waals surface area contributed by atoms with Gasteiger partial charge in [0.1, 0.15) is 5.82 Å². The molecule has 11 heteroatoms. The molecule has 0 aliphatic carbocycles. The van der Waals surface area contributed by atoms with E-state index in [2.05, 4.69) is 0 Å². The molecule has 5 rings (SSSR count). The number of alkyl halides is 1. The van der Waals surface area contributed by atoms with Crippen molar-refractivity contribution in [1.82, 2.24) is 4.90 Å². The average molecular weight is 632 g/mol. The number of methoxy groups -OCH3 is 1. The van der Waals surface area contributed by atoms with Gasteiger partial charge in [-0.3, -0.25) is 19.3 Å². The van der Waals surface area contributed by atoms with Crippen LogP contribution in [0.3, 0.4) is 0 Å². The van der Waals surface area contributed by atoms with Crippen LogP contribution in [0.2, 0.25) is 10.0 Å². The number of halogens is 4. The van der Waals surface area contributed by atoms with Crippen molar-refractivity contribution in [2.75, 3.05) is 26.9 Å². The minimum Gasteiger partial charge on any atom is -0.466 e. The van der Waals surface area contributed by atoms with Gasteiger partial charge in [-0.15, -0.1) is 0 Å². The fraction of sp³-hybridized carbons (Fsp3) is 0.344. The summed E-state index contributed by atoms with van der Waals surface area (Å²) in [4.78, 5) is 42.0. The predicted octanol–water partition coefficient (Wildman–Crippen LogP) is 6.83. The molecule has 1 amide bonds. The summed E-state index contributed by atoms with van der Waals surface area (Å²) >= 11 is 12.3. The highest BCUT2D eigenvalue weighted by Gasteiger charge is 2.57. The number of rotatable bonds is 9. The molecule has 3 aromatic rings. The van der Waals surface area contributed by atoms with Crippen LogP contribution in [0, 0.1) is 5.82 Å². The molecule has 7 nitrogen and oxygen atoms in total. The van der Waals surface area contributed by atoms with Gasteiger partial charge in [0, 0.05) is 41.1 Å². The van der Waals surface area contributed by atoms with Gasteiger partial charge in [-0.2, -0.15) is 0 Å². The van der Waals surface area contributed by atoms with Crippen molar-refractivity contribution in [1.29, 1.82) is 0 Å². The lowest BCUT2D eigenvalue weighted by atomic mass is 9.85. The van der Waals surface area contributed by atoms with Crippen molar-refractivity contribution in [2.45, 2.75) is 43.6 Å². The van der Waals surface area contributed by atoms with E-state index in [1.165, 1.54) is 18.1 Å². The van der Waals surface area contributed by atoms with Crippen LogP contribution in [0.1, 0.15) is 69.6 Å². The molecular weight excluding hydrogens is 603 g/mol. The van der Waals surface area contributed by atoms with Gasteiger partial charge in [-0.25, -0.2) is 8.78 Å². The van der Waals surface area contributed by atoms with Gasteiger partial charge in [-0.1, -0.05) is 47.5 Å². The van der Waals surface area contributed by atoms with Gasteiger partial charge in [0.2, 0.25) is 0 Å². The summed E-state index contributed by atoms with van der Waals surface area (Å²) in [6, 6.07) is 13.9. The van der Waals surface area contributed by atoms with Crippen LogP contribution < -0.4 is 0 Å². The van der Waals surface area contributed by atoms with Gasteiger partial charge in [0.25, 0.3) is 5.91 Å². The van der Waals surface area contributed by atoms with Gasteiger partial charge >= 0.3 is 5.97 Å². The first-order valence-corrected chi connectivity index (χ1v) is 14.5. The molecule has 0 bridgehead atoms. The predicted molar refractivity (Wildman–Crippen MR) is 155 cm³/mol. The zero-order valence-corrected chi connectivity index (χ0v) is 25.0. The molecule has 2 atom stereocenters. The number of esters is 1. The van der Waals surface area contributed by atoms with E-state index in [9.17, 15) is 14.4 Å². The summed E-state index contributed by atoms with van der Waals surface area (Å²) in [5.74, 6) is -3.22. The van der Waals surface area contributed by atoms with Crippen LogP contribution in [0.4, 0.5) is 8.78 Å². The third-order valence-electron chi connectivity index (χ3n) is 7.93. The van der Waals surface area contributed by atoms with Crippen LogP contribution in [0.5, 0.6) is 0 Å². The van der Waals surface area contributed by atoms with Crippen LogP contribution >= 0.6 is 23.2 Å². The Morgan fingerprint density at radius 1 is 1.02 bits per heavy atom. The number of hydrogen-bond donors (Lipinski definition) is 0. The normalized spacial score (nSPS) is 20.0. The molecule has 0 unspecified atom stereocenters. The standard InChI is InChI=1S/C32H29Cl2F2NO6/c1-3-43-27(38)18-26(19-4-8-22(33)9-5-19)37-30(40)24-16-20(29(39)31(36)12-14-42-15-13-31)17-25(35)28(24)32(37,41-2)21-6-10-23(34)11-7-21/h4-11,16-17,26H,3,12-15,18H2,1-2H3/t26-,32+/m0/s1. The van der Waals surface area contributed by atoms with Crippen LogP contribution in [-0.2, 0) is 24.7 Å². The molecule has 2 aliphatic heterocycles. The molecule has 0 saturated carbocycles. The number of ketones is 1. The Bertz CT molecular complexity index is 1540.